The fourth-order valence-electron chi connectivity index (χ4n) is 4.54. The molecule has 0 aliphatic carbocycles. The van der Waals surface area contributed by atoms with E-state index < -0.39 is 29.7 Å². The van der Waals surface area contributed by atoms with E-state index in [2.05, 4.69) is 30.8 Å². The Morgan fingerprint density at radius 2 is 1.73 bits per heavy atom. The summed E-state index contributed by atoms with van der Waals surface area (Å²) in [6.07, 6.45) is -3.59. The van der Waals surface area contributed by atoms with E-state index in [1.54, 1.807) is 49.4 Å². The first kappa shape index (κ1) is 32.1. The van der Waals surface area contributed by atoms with E-state index in [1.807, 2.05) is 6.92 Å². The van der Waals surface area contributed by atoms with Gasteiger partial charge in [-0.2, -0.15) is 23.1 Å². The molecule has 3 aromatic heterocycles. The predicted octanol–water partition coefficient (Wildman–Crippen LogP) is 6.51. The number of carbonyl (C=O) groups excluding carboxylic acids is 2. The average molecular weight is 678 g/mol. The number of nitrogens with one attached hydrogen (secondary N) is 1. The van der Waals surface area contributed by atoms with Crippen LogP contribution in [0.15, 0.2) is 60.8 Å². The fraction of sp³-hybridized carbons (Fsp3) is 0.207. The maximum absolute atomic E-state index is 13.9. The molecule has 232 valence electrons. The highest BCUT2D eigenvalue weighted by Gasteiger charge is 2.37. The molecule has 45 heavy (non-hydrogen) atoms. The topological polar surface area (TPSA) is 120 Å². The minimum absolute atomic E-state index is 0.0111. The molecule has 0 saturated heterocycles. The van der Waals surface area contributed by atoms with Crippen molar-refractivity contribution in [3.8, 4) is 5.82 Å². The molecule has 0 aliphatic heterocycles. The number of nitrogens with zero attached hydrogens (tertiary/aromatic N) is 7. The molecule has 0 radical (unpaired) electrons. The Morgan fingerprint density at radius 1 is 1.00 bits per heavy atom. The molecular formula is C29H22Cl3F3N8O2. The first-order chi connectivity index (χ1) is 21.3. The number of carbonyl (C=O) groups is 2. The summed E-state index contributed by atoms with van der Waals surface area (Å²) in [5.41, 5.74) is 2.17. The Balaban J connectivity index is 1.48. The molecule has 1 N–H and O–H groups in total. The Hall–Kier alpha value is -4.33. The van der Waals surface area contributed by atoms with Crippen LogP contribution in [0.2, 0.25) is 15.1 Å². The lowest BCUT2D eigenvalue weighted by Crippen LogP contribution is -2.28. The molecule has 5 rings (SSSR count). The monoisotopic (exact) mass is 676 g/mol. The summed E-state index contributed by atoms with van der Waals surface area (Å²) >= 11 is 18.7. The standard InChI is InChI=1S/C29H22Cl3F3N8O2/c1-15-10-19(31)11-22(27(45)37-16(2)17-5-7-18(30)8-6-17)21(15)13-25(44)24-12-20(14-42-40-28(38-41-42)29(33,34)35)39-43(24)26-23(32)4-3-9-36-26/h3-12,16H,13-14H2,1-2H3,(H,37,45). The van der Waals surface area contributed by atoms with E-state index in [9.17, 15) is 22.8 Å². The van der Waals surface area contributed by atoms with Crippen molar-refractivity contribution in [3.05, 3.63) is 115 Å². The average Bonchev–Trinajstić information content (AvgIpc) is 3.62. The second-order valence-electron chi connectivity index (χ2n) is 9.98. The molecule has 2 aromatic carbocycles. The normalized spacial score (nSPS) is 12.3. The summed E-state index contributed by atoms with van der Waals surface area (Å²) in [7, 11) is 0. The highest BCUT2D eigenvalue weighted by molar-refractivity contribution is 6.32. The van der Waals surface area contributed by atoms with Crippen LogP contribution in [0.5, 0.6) is 0 Å². The van der Waals surface area contributed by atoms with Crippen LogP contribution in [0, 0.1) is 6.92 Å². The summed E-state index contributed by atoms with van der Waals surface area (Å²) in [5.74, 6) is -2.24. The third-order valence-electron chi connectivity index (χ3n) is 6.73. The summed E-state index contributed by atoms with van der Waals surface area (Å²) in [6.45, 7) is 3.19. The smallest absolute Gasteiger partial charge is 0.346 e. The quantitative estimate of drug-likeness (QED) is 0.177. The molecule has 5 aromatic rings. The molecule has 1 unspecified atom stereocenters. The van der Waals surface area contributed by atoms with Gasteiger partial charge in [0.15, 0.2) is 11.6 Å². The van der Waals surface area contributed by atoms with Crippen molar-refractivity contribution in [2.45, 2.75) is 39.0 Å². The van der Waals surface area contributed by atoms with Crippen LogP contribution in [-0.4, -0.2) is 46.7 Å². The minimum Gasteiger partial charge on any atom is -0.346 e. The summed E-state index contributed by atoms with van der Waals surface area (Å²) in [6, 6.07) is 14.2. The minimum atomic E-state index is -4.78. The summed E-state index contributed by atoms with van der Waals surface area (Å²) in [5, 5.41) is 18.1. The fourth-order valence-corrected chi connectivity index (χ4v) is 5.14. The number of hydrogen-bond donors (Lipinski definition) is 1. The van der Waals surface area contributed by atoms with Crippen LogP contribution in [0.4, 0.5) is 13.2 Å². The van der Waals surface area contributed by atoms with Crippen molar-refractivity contribution in [1.82, 2.24) is 40.3 Å². The number of Topliss-reactive ketones (excluding diaryl/α,β-unsaturated/α-hetero) is 1. The van der Waals surface area contributed by atoms with E-state index in [-0.39, 0.29) is 40.8 Å². The number of rotatable bonds is 9. The van der Waals surface area contributed by atoms with Crippen LogP contribution in [0.1, 0.15) is 62.0 Å². The number of amides is 1. The molecule has 0 bridgehead atoms. The molecular weight excluding hydrogens is 656 g/mol. The zero-order chi connectivity index (χ0) is 32.5. The van der Waals surface area contributed by atoms with Gasteiger partial charge in [0.1, 0.15) is 12.2 Å². The van der Waals surface area contributed by atoms with Crippen molar-refractivity contribution >= 4 is 46.5 Å². The number of alkyl halides is 3. The number of aryl methyl sites for hydroxylation is 1. The van der Waals surface area contributed by atoms with Gasteiger partial charge in [0.05, 0.1) is 16.8 Å². The number of halogens is 6. The van der Waals surface area contributed by atoms with Gasteiger partial charge >= 0.3 is 6.18 Å². The van der Waals surface area contributed by atoms with Crippen LogP contribution in [0.3, 0.4) is 0 Å². The molecule has 0 fully saturated rings. The number of pyridine rings is 1. The lowest BCUT2D eigenvalue weighted by molar-refractivity contribution is -0.145. The lowest BCUT2D eigenvalue weighted by atomic mass is 9.95. The van der Waals surface area contributed by atoms with Gasteiger partial charge in [0.25, 0.3) is 11.7 Å². The van der Waals surface area contributed by atoms with Gasteiger partial charge in [0, 0.05) is 28.2 Å². The van der Waals surface area contributed by atoms with Crippen LogP contribution in [0.25, 0.3) is 5.82 Å². The van der Waals surface area contributed by atoms with Crippen molar-refractivity contribution in [2.75, 3.05) is 0 Å². The summed E-state index contributed by atoms with van der Waals surface area (Å²) in [4.78, 5) is 32.3. The summed E-state index contributed by atoms with van der Waals surface area (Å²) < 4.78 is 40.2. The van der Waals surface area contributed by atoms with Crippen LogP contribution >= 0.6 is 34.8 Å². The molecule has 1 atom stereocenters. The molecule has 3 heterocycles. The number of ketones is 1. The van der Waals surface area contributed by atoms with Gasteiger partial charge in [-0.3, -0.25) is 9.59 Å². The van der Waals surface area contributed by atoms with Gasteiger partial charge in [-0.25, -0.2) is 9.67 Å². The number of hydrogen-bond acceptors (Lipinski definition) is 7. The lowest BCUT2D eigenvalue weighted by Gasteiger charge is -2.18. The molecule has 0 spiro atoms. The van der Waals surface area contributed by atoms with Crippen molar-refractivity contribution < 1.29 is 22.8 Å². The van der Waals surface area contributed by atoms with E-state index >= 15 is 0 Å². The number of tetrazole rings is 1. The van der Waals surface area contributed by atoms with Gasteiger partial charge in [-0.1, -0.05) is 46.9 Å². The third-order valence-corrected chi connectivity index (χ3v) is 7.50. The maximum atomic E-state index is 13.9. The van der Waals surface area contributed by atoms with Crippen molar-refractivity contribution in [2.24, 2.45) is 0 Å². The number of aromatic nitrogens is 7. The molecule has 1 amide bonds. The zero-order valence-electron chi connectivity index (χ0n) is 23.5. The highest BCUT2D eigenvalue weighted by atomic mass is 35.5. The second-order valence-corrected chi connectivity index (χ2v) is 11.3. The number of benzene rings is 2. The Labute approximate surface area is 269 Å². The van der Waals surface area contributed by atoms with E-state index in [0.29, 0.717) is 26.0 Å². The largest absolute Gasteiger partial charge is 0.455 e. The van der Waals surface area contributed by atoms with E-state index in [1.165, 1.54) is 23.0 Å². The Kier molecular flexibility index (Phi) is 9.23. The van der Waals surface area contributed by atoms with Gasteiger partial charge in [-0.05, 0) is 78.2 Å². The van der Waals surface area contributed by atoms with E-state index in [0.717, 1.165) is 5.56 Å². The molecule has 10 nitrogen and oxygen atoms in total. The van der Waals surface area contributed by atoms with E-state index in [4.69, 9.17) is 34.8 Å². The predicted molar refractivity (Wildman–Crippen MR) is 160 cm³/mol. The van der Waals surface area contributed by atoms with Crippen molar-refractivity contribution in [1.29, 1.82) is 0 Å². The van der Waals surface area contributed by atoms with Crippen molar-refractivity contribution in [3.63, 3.8) is 0 Å². The SMILES string of the molecule is Cc1cc(Cl)cc(C(=O)NC(C)c2ccc(Cl)cc2)c1CC(=O)c1cc(Cn2nnc(C(F)(F)F)n2)nn1-c1ncccc1Cl. The Bertz CT molecular complexity index is 1890. The third kappa shape index (κ3) is 7.32. The van der Waals surface area contributed by atoms with Gasteiger partial charge in [0.2, 0.25) is 0 Å². The van der Waals surface area contributed by atoms with Crippen LogP contribution in [-0.2, 0) is 19.1 Å². The van der Waals surface area contributed by atoms with Gasteiger partial charge < -0.3 is 5.32 Å². The molecule has 0 aliphatic rings. The first-order valence-corrected chi connectivity index (χ1v) is 14.4. The maximum Gasteiger partial charge on any atom is 0.455 e. The molecule has 16 heteroatoms. The highest BCUT2D eigenvalue weighted by Crippen LogP contribution is 2.27. The first-order valence-electron chi connectivity index (χ1n) is 13.2. The zero-order valence-corrected chi connectivity index (χ0v) is 25.7. The second kappa shape index (κ2) is 13.0. The molecule has 0 saturated carbocycles. The van der Waals surface area contributed by atoms with Crippen LogP contribution < -0.4 is 5.32 Å². The van der Waals surface area contributed by atoms with Gasteiger partial charge in [-0.15, -0.1) is 10.2 Å². The Morgan fingerprint density at radius 3 is 2.40 bits per heavy atom.